The van der Waals surface area contributed by atoms with Crippen molar-refractivity contribution in [1.82, 2.24) is 9.78 Å². The molecule has 1 aromatic carbocycles. The van der Waals surface area contributed by atoms with Gasteiger partial charge in [-0.05, 0) is 12.5 Å². The number of anilines is 1. The molecule has 1 N–H and O–H groups in total. The number of hydrogen-bond donors (Lipinski definition) is 1. The van der Waals surface area contributed by atoms with Crippen LogP contribution >= 0.6 is 0 Å². The molecule has 2 rings (SSSR count). The van der Waals surface area contributed by atoms with Crippen molar-refractivity contribution in [2.45, 2.75) is 13.0 Å². The van der Waals surface area contributed by atoms with E-state index in [1.54, 1.807) is 4.68 Å². The third-order valence-electron chi connectivity index (χ3n) is 2.38. The van der Waals surface area contributed by atoms with Gasteiger partial charge < -0.3 is 5.32 Å². The quantitative estimate of drug-likeness (QED) is 0.827. The first kappa shape index (κ1) is 9.77. The normalized spacial score (nSPS) is 12.4. The Hall–Kier alpha value is -1.77. The number of benzene rings is 1. The maximum atomic E-state index is 4.28. The zero-order valence-corrected chi connectivity index (χ0v) is 9.01. The van der Waals surface area contributed by atoms with Gasteiger partial charge in [0.05, 0.1) is 0 Å². The van der Waals surface area contributed by atoms with Gasteiger partial charge in [0, 0.05) is 25.4 Å². The molecule has 3 heteroatoms. The molecule has 15 heavy (non-hydrogen) atoms. The zero-order valence-electron chi connectivity index (χ0n) is 9.01. The van der Waals surface area contributed by atoms with Gasteiger partial charge in [-0.1, -0.05) is 30.3 Å². The van der Waals surface area contributed by atoms with Crippen LogP contribution in [0.25, 0.3) is 0 Å². The van der Waals surface area contributed by atoms with Crippen LogP contribution in [0.5, 0.6) is 0 Å². The van der Waals surface area contributed by atoms with Crippen molar-refractivity contribution in [3.8, 4) is 0 Å². The van der Waals surface area contributed by atoms with Gasteiger partial charge in [0.15, 0.2) is 0 Å². The second-order valence-corrected chi connectivity index (χ2v) is 3.65. The number of hydrogen-bond acceptors (Lipinski definition) is 2. The van der Waals surface area contributed by atoms with Gasteiger partial charge in [-0.25, -0.2) is 0 Å². The summed E-state index contributed by atoms with van der Waals surface area (Å²) in [5.74, 6) is 0.911. The SMILES string of the molecule is C[C@H](Nc1ccn(C)n1)c1ccccc1. The van der Waals surface area contributed by atoms with E-state index in [-0.39, 0.29) is 6.04 Å². The lowest BCUT2D eigenvalue weighted by Crippen LogP contribution is -2.07. The van der Waals surface area contributed by atoms with Crippen molar-refractivity contribution >= 4 is 5.82 Å². The lowest BCUT2D eigenvalue weighted by molar-refractivity contribution is 0.760. The Labute approximate surface area is 89.7 Å². The molecule has 2 aromatic rings. The fourth-order valence-electron chi connectivity index (χ4n) is 1.54. The van der Waals surface area contributed by atoms with E-state index < -0.39 is 0 Å². The minimum absolute atomic E-state index is 0.279. The van der Waals surface area contributed by atoms with Crippen molar-refractivity contribution in [1.29, 1.82) is 0 Å². The molecule has 0 saturated heterocycles. The number of nitrogens with zero attached hydrogens (tertiary/aromatic N) is 2. The molecule has 3 nitrogen and oxygen atoms in total. The summed E-state index contributed by atoms with van der Waals surface area (Å²) in [4.78, 5) is 0. The largest absolute Gasteiger partial charge is 0.362 e. The van der Waals surface area contributed by atoms with Crippen LogP contribution in [0.1, 0.15) is 18.5 Å². The molecule has 0 aliphatic carbocycles. The molecule has 0 aliphatic rings. The zero-order chi connectivity index (χ0) is 10.7. The maximum absolute atomic E-state index is 4.28. The Morgan fingerprint density at radius 3 is 2.53 bits per heavy atom. The molecule has 0 fully saturated rings. The molecule has 0 unspecified atom stereocenters. The molecule has 0 bridgehead atoms. The molecule has 1 atom stereocenters. The van der Waals surface area contributed by atoms with E-state index in [9.17, 15) is 0 Å². The van der Waals surface area contributed by atoms with Gasteiger partial charge in [0.25, 0.3) is 0 Å². The van der Waals surface area contributed by atoms with Gasteiger partial charge in [0.2, 0.25) is 0 Å². The van der Waals surface area contributed by atoms with Gasteiger partial charge in [0.1, 0.15) is 5.82 Å². The average Bonchev–Trinajstić information content (AvgIpc) is 2.65. The highest BCUT2D eigenvalue weighted by atomic mass is 15.3. The second kappa shape index (κ2) is 4.17. The van der Waals surface area contributed by atoms with Crippen LogP contribution < -0.4 is 5.32 Å². The monoisotopic (exact) mass is 201 g/mol. The minimum Gasteiger partial charge on any atom is -0.362 e. The summed E-state index contributed by atoms with van der Waals surface area (Å²) in [5.41, 5.74) is 1.27. The summed E-state index contributed by atoms with van der Waals surface area (Å²) in [7, 11) is 1.92. The standard InChI is InChI=1S/C12H15N3/c1-10(11-6-4-3-5-7-11)13-12-8-9-15(2)14-12/h3-10H,1-2H3,(H,13,14)/t10-/m0/s1. The van der Waals surface area contributed by atoms with E-state index >= 15 is 0 Å². The van der Waals surface area contributed by atoms with E-state index in [1.165, 1.54) is 5.56 Å². The fourth-order valence-corrected chi connectivity index (χ4v) is 1.54. The molecule has 0 aliphatic heterocycles. The third kappa shape index (κ3) is 2.37. The topological polar surface area (TPSA) is 29.9 Å². The van der Waals surface area contributed by atoms with Gasteiger partial charge >= 0.3 is 0 Å². The molecular formula is C12H15N3. The van der Waals surface area contributed by atoms with Gasteiger partial charge in [-0.3, -0.25) is 4.68 Å². The Morgan fingerprint density at radius 1 is 1.20 bits per heavy atom. The Kier molecular flexibility index (Phi) is 2.72. The highest BCUT2D eigenvalue weighted by Crippen LogP contribution is 2.16. The highest BCUT2D eigenvalue weighted by molar-refractivity contribution is 5.36. The lowest BCUT2D eigenvalue weighted by Gasteiger charge is -2.12. The summed E-state index contributed by atoms with van der Waals surface area (Å²) in [6, 6.07) is 12.6. The van der Waals surface area contributed by atoms with E-state index in [0.717, 1.165) is 5.82 Å². The van der Waals surface area contributed by atoms with Crippen LogP contribution in [0.2, 0.25) is 0 Å². The van der Waals surface area contributed by atoms with E-state index in [4.69, 9.17) is 0 Å². The van der Waals surface area contributed by atoms with Crippen LogP contribution in [0.3, 0.4) is 0 Å². The average molecular weight is 201 g/mol. The molecule has 0 amide bonds. The molecule has 0 spiro atoms. The number of aryl methyl sites for hydroxylation is 1. The number of rotatable bonds is 3. The maximum Gasteiger partial charge on any atom is 0.148 e. The minimum atomic E-state index is 0.279. The van der Waals surface area contributed by atoms with Crippen molar-refractivity contribution in [3.63, 3.8) is 0 Å². The first-order chi connectivity index (χ1) is 7.25. The van der Waals surface area contributed by atoms with Crippen LogP contribution in [0.4, 0.5) is 5.82 Å². The smallest absolute Gasteiger partial charge is 0.148 e. The molecule has 1 heterocycles. The molecule has 0 radical (unpaired) electrons. The van der Waals surface area contributed by atoms with Crippen molar-refractivity contribution in [3.05, 3.63) is 48.2 Å². The molecular weight excluding hydrogens is 186 g/mol. The number of aromatic nitrogens is 2. The molecule has 0 saturated carbocycles. The highest BCUT2D eigenvalue weighted by Gasteiger charge is 2.05. The summed E-state index contributed by atoms with van der Waals surface area (Å²) in [6.45, 7) is 2.13. The first-order valence-corrected chi connectivity index (χ1v) is 5.07. The van der Waals surface area contributed by atoms with E-state index in [0.29, 0.717) is 0 Å². The van der Waals surface area contributed by atoms with Crippen LogP contribution in [0, 0.1) is 0 Å². The Morgan fingerprint density at radius 2 is 1.93 bits per heavy atom. The van der Waals surface area contributed by atoms with Crippen molar-refractivity contribution in [2.75, 3.05) is 5.32 Å². The van der Waals surface area contributed by atoms with Crippen LogP contribution in [-0.2, 0) is 7.05 Å². The van der Waals surface area contributed by atoms with Crippen molar-refractivity contribution < 1.29 is 0 Å². The van der Waals surface area contributed by atoms with Gasteiger partial charge in [-0.15, -0.1) is 0 Å². The molecule has 1 aromatic heterocycles. The second-order valence-electron chi connectivity index (χ2n) is 3.65. The number of nitrogens with one attached hydrogen (secondary N) is 1. The predicted octanol–water partition coefficient (Wildman–Crippen LogP) is 2.59. The molecule has 78 valence electrons. The van der Waals surface area contributed by atoms with E-state index in [2.05, 4.69) is 29.5 Å². The van der Waals surface area contributed by atoms with Crippen molar-refractivity contribution in [2.24, 2.45) is 7.05 Å². The summed E-state index contributed by atoms with van der Waals surface area (Å²) in [5, 5.41) is 7.63. The first-order valence-electron chi connectivity index (χ1n) is 5.07. The van der Waals surface area contributed by atoms with Gasteiger partial charge in [-0.2, -0.15) is 5.10 Å². The summed E-state index contributed by atoms with van der Waals surface area (Å²) in [6.07, 6.45) is 1.93. The lowest BCUT2D eigenvalue weighted by atomic mass is 10.1. The summed E-state index contributed by atoms with van der Waals surface area (Å²) >= 11 is 0. The Balaban J connectivity index is 2.07. The predicted molar refractivity (Wildman–Crippen MR) is 61.7 cm³/mol. The third-order valence-corrected chi connectivity index (χ3v) is 2.38. The van der Waals surface area contributed by atoms with Crippen LogP contribution in [0.15, 0.2) is 42.6 Å². The fraction of sp³-hybridized carbons (Fsp3) is 0.250. The Bertz CT molecular complexity index is 419. The van der Waals surface area contributed by atoms with E-state index in [1.807, 2.05) is 37.5 Å². The van der Waals surface area contributed by atoms with Crippen LogP contribution in [-0.4, -0.2) is 9.78 Å². The summed E-state index contributed by atoms with van der Waals surface area (Å²) < 4.78 is 1.79.